The molecule has 0 unspecified atom stereocenters. The Hall–Kier alpha value is -4.71. The summed E-state index contributed by atoms with van der Waals surface area (Å²) in [6, 6.07) is 30.2. The van der Waals surface area contributed by atoms with Gasteiger partial charge >= 0.3 is 0 Å². The van der Waals surface area contributed by atoms with Crippen molar-refractivity contribution in [2.45, 2.75) is 13.5 Å². The average molecular weight is 464 g/mol. The van der Waals surface area contributed by atoms with Crippen molar-refractivity contribution in [2.24, 2.45) is 0 Å². The molecule has 4 aromatic carbocycles. The van der Waals surface area contributed by atoms with Gasteiger partial charge in [0.25, 0.3) is 17.7 Å². The minimum atomic E-state index is -0.357. The third-order valence-corrected chi connectivity index (χ3v) is 5.43. The van der Waals surface area contributed by atoms with Crippen LogP contribution in [-0.4, -0.2) is 17.7 Å². The molecule has 4 rings (SSSR count). The van der Waals surface area contributed by atoms with E-state index in [2.05, 4.69) is 16.0 Å². The molecule has 0 aliphatic rings. The Bertz CT molecular complexity index is 1330. The van der Waals surface area contributed by atoms with E-state index < -0.39 is 0 Å². The van der Waals surface area contributed by atoms with Crippen LogP contribution in [0.5, 0.6) is 0 Å². The van der Waals surface area contributed by atoms with Crippen molar-refractivity contribution in [3.63, 3.8) is 0 Å². The summed E-state index contributed by atoms with van der Waals surface area (Å²) in [5, 5.41) is 8.51. The zero-order valence-electron chi connectivity index (χ0n) is 19.2. The van der Waals surface area contributed by atoms with Crippen molar-refractivity contribution in [1.29, 1.82) is 0 Å². The molecule has 174 valence electrons. The highest BCUT2D eigenvalue weighted by Crippen LogP contribution is 2.18. The smallest absolute Gasteiger partial charge is 0.255 e. The molecule has 0 saturated heterocycles. The Morgan fingerprint density at radius 2 is 1.20 bits per heavy atom. The number of anilines is 2. The van der Waals surface area contributed by atoms with E-state index in [0.717, 1.165) is 11.1 Å². The van der Waals surface area contributed by atoms with Gasteiger partial charge in [0.05, 0.1) is 11.3 Å². The van der Waals surface area contributed by atoms with E-state index in [-0.39, 0.29) is 17.7 Å². The van der Waals surface area contributed by atoms with Crippen LogP contribution in [0.3, 0.4) is 0 Å². The summed E-state index contributed by atoms with van der Waals surface area (Å²) in [5.74, 6) is -0.862. The van der Waals surface area contributed by atoms with Crippen molar-refractivity contribution >= 4 is 29.1 Å². The van der Waals surface area contributed by atoms with Gasteiger partial charge in [-0.15, -0.1) is 0 Å². The highest BCUT2D eigenvalue weighted by Gasteiger charge is 2.14. The van der Waals surface area contributed by atoms with Gasteiger partial charge < -0.3 is 16.0 Å². The van der Waals surface area contributed by atoms with Crippen molar-refractivity contribution in [1.82, 2.24) is 5.32 Å². The molecule has 6 nitrogen and oxygen atoms in total. The van der Waals surface area contributed by atoms with Crippen LogP contribution in [-0.2, 0) is 6.54 Å². The molecule has 4 aromatic rings. The molecule has 0 heterocycles. The number of amides is 3. The number of carbonyl (C=O) groups excluding carboxylic acids is 3. The molecule has 3 N–H and O–H groups in total. The fraction of sp³-hybridized carbons (Fsp3) is 0.0690. The maximum Gasteiger partial charge on any atom is 0.255 e. The SMILES string of the molecule is Cc1ccc(CNC(=O)c2ccccc2NC(=O)c2ccc(NC(=O)c3ccccc3)cc2)cc1. The standard InChI is InChI=1S/C29H25N3O3/c1-20-11-13-21(14-12-20)19-30-29(35)25-9-5-6-10-26(25)32-28(34)23-15-17-24(18-16-23)31-27(33)22-7-3-2-4-8-22/h2-18H,19H2,1H3,(H,30,35)(H,31,33)(H,32,34). The molecule has 0 aliphatic carbocycles. The van der Waals surface area contributed by atoms with Crippen molar-refractivity contribution < 1.29 is 14.4 Å². The van der Waals surface area contributed by atoms with Crippen LogP contribution in [0.1, 0.15) is 42.2 Å². The second-order valence-corrected chi connectivity index (χ2v) is 8.07. The maximum absolute atomic E-state index is 12.8. The van der Waals surface area contributed by atoms with Gasteiger partial charge in [-0.1, -0.05) is 60.2 Å². The fourth-order valence-electron chi connectivity index (χ4n) is 3.47. The number of hydrogen-bond acceptors (Lipinski definition) is 3. The first kappa shape index (κ1) is 23.4. The summed E-state index contributed by atoms with van der Waals surface area (Å²) in [6.07, 6.45) is 0. The lowest BCUT2D eigenvalue weighted by molar-refractivity contribution is 0.0951. The van der Waals surface area contributed by atoms with Crippen molar-refractivity contribution in [3.05, 3.63) is 131 Å². The summed E-state index contributed by atoms with van der Waals surface area (Å²) < 4.78 is 0. The molecule has 0 radical (unpaired) electrons. The second-order valence-electron chi connectivity index (χ2n) is 8.07. The maximum atomic E-state index is 12.8. The van der Waals surface area contributed by atoms with Gasteiger partial charge in [-0.3, -0.25) is 14.4 Å². The van der Waals surface area contributed by atoms with Crippen LogP contribution in [0.25, 0.3) is 0 Å². The largest absolute Gasteiger partial charge is 0.348 e. The first-order valence-corrected chi connectivity index (χ1v) is 11.2. The van der Waals surface area contributed by atoms with E-state index in [0.29, 0.717) is 34.6 Å². The average Bonchev–Trinajstić information content (AvgIpc) is 2.89. The van der Waals surface area contributed by atoms with Gasteiger partial charge in [-0.25, -0.2) is 0 Å². The molecule has 0 spiro atoms. The van der Waals surface area contributed by atoms with E-state index in [1.165, 1.54) is 0 Å². The van der Waals surface area contributed by atoms with Gasteiger partial charge in [0.15, 0.2) is 0 Å². The zero-order chi connectivity index (χ0) is 24.6. The van der Waals surface area contributed by atoms with Crippen LogP contribution in [0.15, 0.2) is 103 Å². The molecular weight excluding hydrogens is 438 g/mol. The lowest BCUT2D eigenvalue weighted by Gasteiger charge is -2.12. The van der Waals surface area contributed by atoms with Gasteiger partial charge in [0, 0.05) is 23.4 Å². The minimum absolute atomic E-state index is 0.228. The van der Waals surface area contributed by atoms with Gasteiger partial charge in [0.1, 0.15) is 0 Å². The Labute approximate surface area is 204 Å². The molecule has 0 aromatic heterocycles. The van der Waals surface area contributed by atoms with Crippen LogP contribution in [0, 0.1) is 6.92 Å². The summed E-state index contributed by atoms with van der Waals surface area (Å²) in [7, 11) is 0. The normalized spacial score (nSPS) is 10.3. The van der Waals surface area contributed by atoms with Crippen molar-refractivity contribution in [2.75, 3.05) is 10.6 Å². The second kappa shape index (κ2) is 10.9. The van der Waals surface area contributed by atoms with E-state index >= 15 is 0 Å². The Morgan fingerprint density at radius 3 is 1.91 bits per heavy atom. The molecule has 6 heteroatoms. The first-order chi connectivity index (χ1) is 17.0. The predicted octanol–water partition coefficient (Wildman–Crippen LogP) is 5.43. The summed E-state index contributed by atoms with van der Waals surface area (Å²) in [5.41, 5.74) is 4.46. The van der Waals surface area contributed by atoms with Crippen LogP contribution in [0.2, 0.25) is 0 Å². The molecule has 0 fully saturated rings. The number of benzene rings is 4. The van der Waals surface area contributed by atoms with Crippen LogP contribution < -0.4 is 16.0 Å². The van der Waals surface area contributed by atoms with E-state index in [1.807, 2.05) is 37.3 Å². The number of aryl methyl sites for hydroxylation is 1. The molecule has 35 heavy (non-hydrogen) atoms. The topological polar surface area (TPSA) is 87.3 Å². The van der Waals surface area contributed by atoms with Crippen molar-refractivity contribution in [3.8, 4) is 0 Å². The monoisotopic (exact) mass is 463 g/mol. The molecule has 3 amide bonds. The first-order valence-electron chi connectivity index (χ1n) is 11.2. The highest BCUT2D eigenvalue weighted by molar-refractivity contribution is 6.09. The molecule has 0 saturated carbocycles. The Morgan fingerprint density at radius 1 is 0.600 bits per heavy atom. The lowest BCUT2D eigenvalue weighted by atomic mass is 10.1. The molecule has 0 aliphatic heterocycles. The minimum Gasteiger partial charge on any atom is -0.348 e. The van der Waals surface area contributed by atoms with E-state index in [9.17, 15) is 14.4 Å². The zero-order valence-corrected chi connectivity index (χ0v) is 19.2. The number of para-hydroxylation sites is 1. The number of nitrogens with one attached hydrogen (secondary N) is 3. The van der Waals surface area contributed by atoms with E-state index in [4.69, 9.17) is 0 Å². The summed E-state index contributed by atoms with van der Waals surface area (Å²) in [6.45, 7) is 2.40. The quantitative estimate of drug-likeness (QED) is 0.342. The van der Waals surface area contributed by atoms with Gasteiger partial charge in [-0.05, 0) is 61.0 Å². The number of rotatable bonds is 7. The highest BCUT2D eigenvalue weighted by atomic mass is 16.2. The molecule has 0 atom stereocenters. The van der Waals surface area contributed by atoms with Crippen LogP contribution in [0.4, 0.5) is 11.4 Å². The summed E-state index contributed by atoms with van der Waals surface area (Å²) >= 11 is 0. The number of hydrogen-bond donors (Lipinski definition) is 3. The Balaban J connectivity index is 1.39. The predicted molar refractivity (Wildman–Crippen MR) is 138 cm³/mol. The fourth-order valence-corrected chi connectivity index (χ4v) is 3.47. The van der Waals surface area contributed by atoms with E-state index in [1.54, 1.807) is 72.8 Å². The third kappa shape index (κ3) is 6.21. The van der Waals surface area contributed by atoms with Crippen LogP contribution >= 0.6 is 0 Å². The molecule has 0 bridgehead atoms. The lowest BCUT2D eigenvalue weighted by Crippen LogP contribution is -2.24. The summed E-state index contributed by atoms with van der Waals surface area (Å²) in [4.78, 5) is 37.9. The third-order valence-electron chi connectivity index (χ3n) is 5.43. The Kier molecular flexibility index (Phi) is 7.33. The number of carbonyl (C=O) groups is 3. The van der Waals surface area contributed by atoms with Gasteiger partial charge in [0.2, 0.25) is 0 Å². The molecular formula is C29H25N3O3. The van der Waals surface area contributed by atoms with Gasteiger partial charge in [-0.2, -0.15) is 0 Å².